The van der Waals surface area contributed by atoms with Gasteiger partial charge in [0.1, 0.15) is 16.5 Å². The van der Waals surface area contributed by atoms with Crippen molar-refractivity contribution in [1.29, 1.82) is 0 Å². The molecule has 0 N–H and O–H groups in total. The van der Waals surface area contributed by atoms with Gasteiger partial charge in [-0.2, -0.15) is 9.61 Å². The largest absolute Gasteiger partial charge is 0.496 e. The first-order chi connectivity index (χ1) is 14.1. The normalized spacial score (nSPS) is 11.4. The highest BCUT2D eigenvalue weighted by molar-refractivity contribution is 7.17. The molecule has 0 atom stereocenters. The number of halogens is 1. The van der Waals surface area contributed by atoms with Crippen molar-refractivity contribution in [3.63, 3.8) is 0 Å². The molecule has 0 spiro atoms. The third-order valence-electron chi connectivity index (χ3n) is 4.54. The van der Waals surface area contributed by atoms with Crippen LogP contribution in [0.1, 0.15) is 23.1 Å². The SMILES string of the molecule is CCc1cc(/C=C/c2nn3c(-c4ccccc4Cl)nnc3s2)c(OC)cc1OC. The molecule has 0 fully saturated rings. The number of fused-ring (bicyclic) bond motifs is 1. The lowest BCUT2D eigenvalue weighted by molar-refractivity contribution is 0.391. The Morgan fingerprint density at radius 1 is 1.07 bits per heavy atom. The fourth-order valence-electron chi connectivity index (χ4n) is 3.07. The lowest BCUT2D eigenvalue weighted by Gasteiger charge is -2.12. The lowest BCUT2D eigenvalue weighted by Crippen LogP contribution is -1.95. The number of ether oxygens (including phenoxy) is 2. The summed E-state index contributed by atoms with van der Waals surface area (Å²) in [5, 5.41) is 14.5. The van der Waals surface area contributed by atoms with E-state index < -0.39 is 0 Å². The first-order valence-corrected chi connectivity index (χ1v) is 10.2. The van der Waals surface area contributed by atoms with Crippen LogP contribution in [0.2, 0.25) is 5.02 Å². The molecule has 6 nitrogen and oxygen atoms in total. The number of nitrogens with zero attached hydrogens (tertiary/aromatic N) is 4. The Morgan fingerprint density at radius 3 is 2.59 bits per heavy atom. The minimum absolute atomic E-state index is 0.613. The predicted molar refractivity (Wildman–Crippen MR) is 117 cm³/mol. The molecule has 2 aromatic carbocycles. The molecule has 4 rings (SSSR count). The van der Waals surface area contributed by atoms with Gasteiger partial charge in [0, 0.05) is 17.2 Å². The number of hydrogen-bond acceptors (Lipinski definition) is 6. The smallest absolute Gasteiger partial charge is 0.235 e. The quantitative estimate of drug-likeness (QED) is 0.421. The average molecular weight is 427 g/mol. The molecule has 8 heteroatoms. The van der Waals surface area contributed by atoms with Crippen LogP contribution in [0.3, 0.4) is 0 Å². The van der Waals surface area contributed by atoms with Gasteiger partial charge in [0.25, 0.3) is 0 Å². The zero-order chi connectivity index (χ0) is 20.4. The topological polar surface area (TPSA) is 61.5 Å². The fraction of sp³-hybridized carbons (Fsp3) is 0.190. The summed E-state index contributed by atoms with van der Waals surface area (Å²) in [4.78, 5) is 0.704. The van der Waals surface area contributed by atoms with Crippen LogP contribution in [0.15, 0.2) is 36.4 Å². The first kappa shape index (κ1) is 19.4. The Morgan fingerprint density at radius 2 is 1.86 bits per heavy atom. The highest BCUT2D eigenvalue weighted by atomic mass is 35.5. The van der Waals surface area contributed by atoms with Crippen molar-refractivity contribution in [2.45, 2.75) is 13.3 Å². The molecule has 29 heavy (non-hydrogen) atoms. The summed E-state index contributed by atoms with van der Waals surface area (Å²) in [6.45, 7) is 2.09. The van der Waals surface area contributed by atoms with Crippen molar-refractivity contribution in [3.8, 4) is 22.9 Å². The van der Waals surface area contributed by atoms with E-state index in [2.05, 4.69) is 28.3 Å². The second-order valence-corrected chi connectivity index (χ2v) is 7.63. The maximum atomic E-state index is 6.31. The molecule has 0 unspecified atom stereocenters. The standard InChI is InChI=1S/C21H19ClN4O2S/c1-4-13-11-14(18(28-3)12-17(13)27-2)9-10-19-25-26-20(23-24-21(26)29-19)15-7-5-6-8-16(15)22/h5-12H,4H2,1-3H3/b10-9+. The van der Waals surface area contributed by atoms with Gasteiger partial charge < -0.3 is 9.47 Å². The van der Waals surface area contributed by atoms with E-state index in [1.807, 2.05) is 42.5 Å². The third kappa shape index (κ3) is 3.71. The highest BCUT2D eigenvalue weighted by Crippen LogP contribution is 2.32. The molecule has 2 heterocycles. The van der Waals surface area contributed by atoms with E-state index in [0.717, 1.165) is 39.6 Å². The minimum Gasteiger partial charge on any atom is -0.496 e. The summed E-state index contributed by atoms with van der Waals surface area (Å²) in [5.74, 6) is 2.19. The van der Waals surface area contributed by atoms with Crippen LogP contribution in [-0.4, -0.2) is 34.0 Å². The van der Waals surface area contributed by atoms with Crippen LogP contribution in [0.5, 0.6) is 11.5 Å². The molecule has 2 aromatic heterocycles. The number of methoxy groups -OCH3 is 2. The van der Waals surface area contributed by atoms with E-state index in [-0.39, 0.29) is 0 Å². The van der Waals surface area contributed by atoms with E-state index in [0.29, 0.717) is 15.8 Å². The number of hydrogen-bond donors (Lipinski definition) is 0. The monoisotopic (exact) mass is 426 g/mol. The van der Waals surface area contributed by atoms with E-state index in [1.54, 1.807) is 18.7 Å². The van der Waals surface area contributed by atoms with E-state index in [1.165, 1.54) is 11.3 Å². The molecule has 0 radical (unpaired) electrons. The van der Waals surface area contributed by atoms with Crippen molar-refractivity contribution in [2.24, 2.45) is 0 Å². The molecule has 0 aliphatic rings. The number of aryl methyl sites for hydroxylation is 1. The van der Waals surface area contributed by atoms with Crippen LogP contribution in [-0.2, 0) is 6.42 Å². The molecule has 0 amide bonds. The van der Waals surface area contributed by atoms with Crippen molar-refractivity contribution in [2.75, 3.05) is 14.2 Å². The number of aromatic nitrogens is 4. The fourth-order valence-corrected chi connectivity index (χ4v) is 4.03. The van der Waals surface area contributed by atoms with Gasteiger partial charge in [-0.25, -0.2) is 0 Å². The summed E-state index contributed by atoms with van der Waals surface area (Å²) < 4.78 is 12.7. The molecule has 4 aromatic rings. The van der Waals surface area contributed by atoms with Gasteiger partial charge in [0.15, 0.2) is 5.82 Å². The molecular weight excluding hydrogens is 408 g/mol. The molecule has 0 saturated carbocycles. The van der Waals surface area contributed by atoms with Crippen LogP contribution in [0.25, 0.3) is 28.5 Å². The Bertz CT molecular complexity index is 1200. The molecule has 0 saturated heterocycles. The Hall–Kier alpha value is -2.90. The Labute approximate surface area is 177 Å². The Balaban J connectivity index is 1.70. The zero-order valence-corrected chi connectivity index (χ0v) is 17.8. The summed E-state index contributed by atoms with van der Waals surface area (Å²) in [6, 6.07) is 11.5. The minimum atomic E-state index is 0.613. The zero-order valence-electron chi connectivity index (χ0n) is 16.2. The Kier molecular flexibility index (Phi) is 5.51. The van der Waals surface area contributed by atoms with Crippen LogP contribution >= 0.6 is 22.9 Å². The van der Waals surface area contributed by atoms with Crippen molar-refractivity contribution in [1.82, 2.24) is 19.8 Å². The molecule has 0 aliphatic carbocycles. The van der Waals surface area contributed by atoms with Crippen LogP contribution in [0.4, 0.5) is 0 Å². The average Bonchev–Trinajstić information content (AvgIpc) is 3.32. The summed E-state index contributed by atoms with van der Waals surface area (Å²) >= 11 is 7.76. The van der Waals surface area contributed by atoms with E-state index in [9.17, 15) is 0 Å². The molecule has 0 aliphatic heterocycles. The molecule has 148 valence electrons. The van der Waals surface area contributed by atoms with Gasteiger partial charge in [-0.05, 0) is 42.3 Å². The van der Waals surface area contributed by atoms with E-state index >= 15 is 0 Å². The highest BCUT2D eigenvalue weighted by Gasteiger charge is 2.15. The number of rotatable bonds is 6. The second-order valence-electron chi connectivity index (χ2n) is 6.23. The van der Waals surface area contributed by atoms with Gasteiger partial charge in [0.05, 0.1) is 19.2 Å². The predicted octanol–water partition coefficient (Wildman–Crippen LogP) is 5.26. The van der Waals surface area contributed by atoms with Gasteiger partial charge in [-0.3, -0.25) is 0 Å². The summed E-state index contributed by atoms with van der Waals surface area (Å²) in [6.07, 6.45) is 4.80. The summed E-state index contributed by atoms with van der Waals surface area (Å²) in [5.41, 5.74) is 2.88. The number of benzene rings is 2. The van der Waals surface area contributed by atoms with Gasteiger partial charge >= 0.3 is 0 Å². The van der Waals surface area contributed by atoms with Crippen molar-refractivity contribution in [3.05, 3.63) is 57.6 Å². The van der Waals surface area contributed by atoms with Gasteiger partial charge in [-0.1, -0.05) is 42.0 Å². The van der Waals surface area contributed by atoms with Crippen LogP contribution < -0.4 is 9.47 Å². The summed E-state index contributed by atoms with van der Waals surface area (Å²) in [7, 11) is 3.32. The third-order valence-corrected chi connectivity index (χ3v) is 5.73. The molecular formula is C21H19ClN4O2S. The van der Waals surface area contributed by atoms with Crippen LogP contribution in [0, 0.1) is 0 Å². The van der Waals surface area contributed by atoms with E-state index in [4.69, 9.17) is 21.1 Å². The lowest BCUT2D eigenvalue weighted by atomic mass is 10.1. The van der Waals surface area contributed by atoms with Crippen molar-refractivity contribution < 1.29 is 9.47 Å². The van der Waals surface area contributed by atoms with Gasteiger partial charge in [0.2, 0.25) is 4.96 Å². The van der Waals surface area contributed by atoms with Crippen molar-refractivity contribution >= 4 is 40.1 Å². The molecule has 0 bridgehead atoms. The maximum Gasteiger partial charge on any atom is 0.235 e. The van der Waals surface area contributed by atoms with Gasteiger partial charge in [-0.15, -0.1) is 10.2 Å². The maximum absolute atomic E-state index is 6.31. The second kappa shape index (κ2) is 8.23. The first-order valence-electron chi connectivity index (χ1n) is 9.04.